The van der Waals surface area contributed by atoms with Gasteiger partial charge in [0.25, 0.3) is 0 Å². The van der Waals surface area contributed by atoms with Crippen LogP contribution in [0.2, 0.25) is 0 Å². The molecule has 82 valence electrons. The van der Waals surface area contributed by atoms with Crippen molar-refractivity contribution in [2.45, 2.75) is 52.1 Å². The monoisotopic (exact) mass is 197 g/mol. The highest BCUT2D eigenvalue weighted by molar-refractivity contribution is 5.79. The van der Waals surface area contributed by atoms with Gasteiger partial charge in [0.15, 0.2) is 0 Å². The maximum absolute atomic E-state index is 7.40. The highest BCUT2D eigenvalue weighted by Crippen LogP contribution is 2.23. The first-order valence-corrected chi connectivity index (χ1v) is 5.62. The largest absolute Gasteiger partial charge is 0.387 e. The summed E-state index contributed by atoms with van der Waals surface area (Å²) < 4.78 is 0. The van der Waals surface area contributed by atoms with E-state index >= 15 is 0 Å². The summed E-state index contributed by atoms with van der Waals surface area (Å²) >= 11 is 0. The first-order chi connectivity index (χ1) is 6.52. The fraction of sp³-hybridized carbons (Fsp3) is 0.909. The van der Waals surface area contributed by atoms with Crippen LogP contribution in [-0.2, 0) is 0 Å². The van der Waals surface area contributed by atoms with E-state index in [-0.39, 0.29) is 5.92 Å². The zero-order valence-electron chi connectivity index (χ0n) is 9.59. The minimum Gasteiger partial charge on any atom is -0.387 e. The molecule has 1 heterocycles. The molecular weight excluding hydrogens is 174 g/mol. The Morgan fingerprint density at radius 2 is 1.93 bits per heavy atom. The lowest BCUT2D eigenvalue weighted by Crippen LogP contribution is -2.47. The third kappa shape index (κ3) is 2.71. The fourth-order valence-electron chi connectivity index (χ4n) is 2.25. The summed E-state index contributed by atoms with van der Waals surface area (Å²) in [5.74, 6) is 0.507. The molecule has 3 heteroatoms. The molecule has 0 amide bonds. The number of likely N-dealkylation sites (tertiary alicyclic amines) is 1. The van der Waals surface area contributed by atoms with Gasteiger partial charge in [-0.1, -0.05) is 13.3 Å². The molecule has 0 aromatic rings. The highest BCUT2D eigenvalue weighted by atomic mass is 15.2. The van der Waals surface area contributed by atoms with Crippen molar-refractivity contribution in [1.29, 1.82) is 5.41 Å². The Balaban J connectivity index is 2.51. The van der Waals surface area contributed by atoms with Crippen molar-refractivity contribution in [3.63, 3.8) is 0 Å². The molecule has 3 N–H and O–H groups in total. The van der Waals surface area contributed by atoms with Crippen molar-refractivity contribution in [2.75, 3.05) is 6.54 Å². The van der Waals surface area contributed by atoms with Gasteiger partial charge in [-0.2, -0.15) is 0 Å². The molecule has 0 aromatic carbocycles. The number of nitrogens with one attached hydrogen (secondary N) is 1. The summed E-state index contributed by atoms with van der Waals surface area (Å²) in [4.78, 5) is 2.50. The van der Waals surface area contributed by atoms with Crippen LogP contribution < -0.4 is 5.73 Å². The molecule has 1 saturated heterocycles. The second kappa shape index (κ2) is 4.78. The van der Waals surface area contributed by atoms with E-state index in [4.69, 9.17) is 11.1 Å². The molecule has 0 aliphatic carbocycles. The molecule has 14 heavy (non-hydrogen) atoms. The van der Waals surface area contributed by atoms with Crippen molar-refractivity contribution >= 4 is 5.84 Å². The van der Waals surface area contributed by atoms with Crippen molar-refractivity contribution < 1.29 is 0 Å². The molecule has 0 saturated carbocycles. The Kier molecular flexibility index (Phi) is 3.93. The third-order valence-electron chi connectivity index (χ3n) is 3.39. The van der Waals surface area contributed by atoms with Gasteiger partial charge in [0.1, 0.15) is 0 Å². The molecular formula is C11H23N3. The van der Waals surface area contributed by atoms with Crippen LogP contribution >= 0.6 is 0 Å². The maximum Gasteiger partial charge on any atom is 0.0947 e. The summed E-state index contributed by atoms with van der Waals surface area (Å²) in [6.07, 6.45) is 3.91. The van der Waals surface area contributed by atoms with Gasteiger partial charge in [0.05, 0.1) is 5.84 Å². The van der Waals surface area contributed by atoms with Gasteiger partial charge in [0.2, 0.25) is 0 Å². The number of rotatable bonds is 3. The van der Waals surface area contributed by atoms with Gasteiger partial charge < -0.3 is 5.73 Å². The predicted molar refractivity (Wildman–Crippen MR) is 60.6 cm³/mol. The maximum atomic E-state index is 7.40. The van der Waals surface area contributed by atoms with Gasteiger partial charge >= 0.3 is 0 Å². The zero-order valence-corrected chi connectivity index (χ0v) is 9.59. The van der Waals surface area contributed by atoms with Crippen molar-refractivity contribution in [2.24, 2.45) is 11.7 Å². The van der Waals surface area contributed by atoms with Crippen LogP contribution in [0, 0.1) is 11.3 Å². The zero-order chi connectivity index (χ0) is 10.7. The van der Waals surface area contributed by atoms with Crippen LogP contribution in [0.25, 0.3) is 0 Å². The fourth-order valence-corrected chi connectivity index (χ4v) is 2.25. The van der Waals surface area contributed by atoms with E-state index in [0.717, 1.165) is 6.54 Å². The van der Waals surface area contributed by atoms with Crippen molar-refractivity contribution in [3.05, 3.63) is 0 Å². The Morgan fingerprint density at radius 1 is 1.43 bits per heavy atom. The Morgan fingerprint density at radius 3 is 2.36 bits per heavy atom. The molecule has 0 spiro atoms. The number of hydrogen-bond donors (Lipinski definition) is 2. The quantitative estimate of drug-likeness (QED) is 0.535. The summed E-state index contributed by atoms with van der Waals surface area (Å²) in [6.45, 7) is 7.54. The lowest BCUT2D eigenvalue weighted by molar-refractivity contribution is 0.0959. The van der Waals surface area contributed by atoms with E-state index in [1.165, 1.54) is 19.3 Å². The van der Waals surface area contributed by atoms with Crippen LogP contribution in [0.1, 0.15) is 40.0 Å². The summed E-state index contributed by atoms with van der Waals surface area (Å²) in [5, 5.41) is 7.40. The average molecular weight is 197 g/mol. The van der Waals surface area contributed by atoms with Crippen LogP contribution in [0.5, 0.6) is 0 Å². The van der Waals surface area contributed by atoms with E-state index in [2.05, 4.69) is 18.7 Å². The highest BCUT2D eigenvalue weighted by Gasteiger charge is 2.26. The van der Waals surface area contributed by atoms with Crippen molar-refractivity contribution in [1.82, 2.24) is 4.90 Å². The second-order valence-corrected chi connectivity index (χ2v) is 4.68. The van der Waals surface area contributed by atoms with Gasteiger partial charge in [-0.3, -0.25) is 10.3 Å². The molecule has 3 nitrogen and oxygen atoms in total. The molecule has 0 aromatic heterocycles. The minimum atomic E-state index is 0.193. The molecule has 3 atom stereocenters. The van der Waals surface area contributed by atoms with Gasteiger partial charge in [-0.05, 0) is 26.7 Å². The predicted octanol–water partition coefficient (Wildman–Crippen LogP) is 1.82. The first kappa shape index (κ1) is 11.5. The van der Waals surface area contributed by atoms with Crippen LogP contribution in [-0.4, -0.2) is 29.4 Å². The standard InChI is InChI=1S/C11H23N3/c1-8(11(12)13)7-14-9(2)5-4-6-10(14)3/h8-10H,4-7H2,1-3H3,(H3,12,13)/t8?,9-,10+. The third-order valence-corrected chi connectivity index (χ3v) is 3.39. The van der Waals surface area contributed by atoms with E-state index in [9.17, 15) is 0 Å². The van der Waals surface area contributed by atoms with E-state index in [1.54, 1.807) is 0 Å². The number of nitrogens with zero attached hydrogens (tertiary/aromatic N) is 1. The molecule has 1 fully saturated rings. The Labute approximate surface area is 87.2 Å². The van der Waals surface area contributed by atoms with Crippen LogP contribution in [0.3, 0.4) is 0 Å². The molecule has 1 aliphatic heterocycles. The van der Waals surface area contributed by atoms with E-state index < -0.39 is 0 Å². The minimum absolute atomic E-state index is 0.193. The Bertz CT molecular complexity index is 193. The number of hydrogen-bond acceptors (Lipinski definition) is 2. The SMILES string of the molecule is CC(CN1[C@H](C)CCC[C@@H]1C)C(=N)N. The van der Waals surface area contributed by atoms with Gasteiger partial charge in [-0.25, -0.2) is 0 Å². The molecule has 0 radical (unpaired) electrons. The number of amidine groups is 1. The van der Waals surface area contributed by atoms with Crippen LogP contribution in [0.4, 0.5) is 0 Å². The number of piperidine rings is 1. The topological polar surface area (TPSA) is 53.1 Å². The normalized spacial score (nSPS) is 31.4. The van der Waals surface area contributed by atoms with E-state index in [1.807, 2.05) is 6.92 Å². The van der Waals surface area contributed by atoms with E-state index in [0.29, 0.717) is 17.9 Å². The Hall–Kier alpha value is -0.570. The summed E-state index contributed by atoms with van der Waals surface area (Å²) in [5.41, 5.74) is 5.50. The van der Waals surface area contributed by atoms with Crippen molar-refractivity contribution in [3.8, 4) is 0 Å². The van der Waals surface area contributed by atoms with Gasteiger partial charge in [-0.15, -0.1) is 0 Å². The molecule has 1 aliphatic rings. The lowest BCUT2D eigenvalue weighted by Gasteiger charge is -2.40. The number of nitrogens with two attached hydrogens (primary N) is 1. The van der Waals surface area contributed by atoms with Crippen LogP contribution in [0.15, 0.2) is 0 Å². The first-order valence-electron chi connectivity index (χ1n) is 5.62. The van der Waals surface area contributed by atoms with Gasteiger partial charge in [0, 0.05) is 24.5 Å². The second-order valence-electron chi connectivity index (χ2n) is 4.68. The molecule has 0 bridgehead atoms. The summed E-state index contributed by atoms with van der Waals surface area (Å²) in [6, 6.07) is 1.31. The lowest BCUT2D eigenvalue weighted by atomic mass is 9.96. The molecule has 1 rings (SSSR count). The summed E-state index contributed by atoms with van der Waals surface area (Å²) in [7, 11) is 0. The smallest absolute Gasteiger partial charge is 0.0947 e. The average Bonchev–Trinajstić information content (AvgIpc) is 2.11. The molecule has 1 unspecified atom stereocenters.